The maximum atomic E-state index is 12.2. The van der Waals surface area contributed by atoms with Gasteiger partial charge >= 0.3 is 0 Å². The number of hydrogen-bond donors (Lipinski definition) is 1. The number of aryl methyl sites for hydroxylation is 1. The highest BCUT2D eigenvalue weighted by molar-refractivity contribution is 9.11. The third-order valence-corrected chi connectivity index (χ3v) is 7.07. The molecule has 2 rings (SSSR count). The van der Waals surface area contributed by atoms with Crippen molar-refractivity contribution >= 4 is 58.9 Å². The summed E-state index contributed by atoms with van der Waals surface area (Å²) >= 11 is 7.89. The third-order valence-electron chi connectivity index (χ3n) is 2.43. The Hall–Kier alpha value is -0.370. The summed E-state index contributed by atoms with van der Waals surface area (Å²) in [5, 5.41) is 0.687. The topological polar surface area (TPSA) is 46.2 Å². The Morgan fingerprint density at radius 3 is 2.63 bits per heavy atom. The maximum Gasteiger partial charge on any atom is 0.271 e. The number of benzene rings is 1. The van der Waals surface area contributed by atoms with Crippen molar-refractivity contribution in [3.63, 3.8) is 0 Å². The SMILES string of the molecule is Cc1cc(S(=O)(=O)Nc2cccc(CBr)c2)sc1Br. The molecule has 1 aromatic carbocycles. The zero-order valence-electron chi connectivity index (χ0n) is 9.98. The van der Waals surface area contributed by atoms with E-state index < -0.39 is 10.0 Å². The lowest BCUT2D eigenvalue weighted by Crippen LogP contribution is -2.11. The summed E-state index contributed by atoms with van der Waals surface area (Å²) in [7, 11) is -3.52. The van der Waals surface area contributed by atoms with Gasteiger partial charge in [-0.05, 0) is 52.2 Å². The van der Waals surface area contributed by atoms with Gasteiger partial charge < -0.3 is 0 Å². The van der Waals surface area contributed by atoms with Gasteiger partial charge in [-0.3, -0.25) is 4.72 Å². The Labute approximate surface area is 133 Å². The molecule has 102 valence electrons. The van der Waals surface area contributed by atoms with Crippen LogP contribution in [-0.2, 0) is 15.4 Å². The predicted molar refractivity (Wildman–Crippen MR) is 86.6 cm³/mol. The minimum absolute atomic E-state index is 0.307. The maximum absolute atomic E-state index is 12.2. The van der Waals surface area contributed by atoms with Crippen LogP contribution in [0.1, 0.15) is 11.1 Å². The summed E-state index contributed by atoms with van der Waals surface area (Å²) in [6, 6.07) is 8.95. The lowest BCUT2D eigenvalue weighted by molar-refractivity contribution is 0.603. The predicted octanol–water partition coefficient (Wildman–Crippen LogP) is 4.51. The monoisotopic (exact) mass is 423 g/mol. The van der Waals surface area contributed by atoms with Crippen LogP contribution in [0.25, 0.3) is 0 Å². The molecule has 0 amide bonds. The van der Waals surface area contributed by atoms with Crippen LogP contribution in [0.2, 0.25) is 0 Å². The van der Waals surface area contributed by atoms with Crippen molar-refractivity contribution in [2.75, 3.05) is 4.72 Å². The number of alkyl halides is 1. The third kappa shape index (κ3) is 3.59. The molecular formula is C12H11Br2NO2S2. The first-order valence-electron chi connectivity index (χ1n) is 5.36. The Bertz CT molecular complexity index is 676. The van der Waals surface area contributed by atoms with Crippen molar-refractivity contribution in [3.8, 4) is 0 Å². The van der Waals surface area contributed by atoms with Crippen LogP contribution < -0.4 is 4.72 Å². The lowest BCUT2D eigenvalue weighted by atomic mass is 10.2. The number of sulfonamides is 1. The van der Waals surface area contributed by atoms with Crippen molar-refractivity contribution in [2.45, 2.75) is 16.5 Å². The molecule has 7 heteroatoms. The van der Waals surface area contributed by atoms with Crippen LogP contribution in [0.3, 0.4) is 0 Å². The Balaban J connectivity index is 2.30. The van der Waals surface area contributed by atoms with Gasteiger partial charge in [-0.2, -0.15) is 0 Å². The molecule has 1 N–H and O–H groups in total. The van der Waals surface area contributed by atoms with Crippen LogP contribution >= 0.6 is 43.2 Å². The van der Waals surface area contributed by atoms with Crippen LogP contribution in [0.5, 0.6) is 0 Å². The van der Waals surface area contributed by atoms with Gasteiger partial charge in [0.2, 0.25) is 0 Å². The molecule has 0 fully saturated rings. The first-order chi connectivity index (χ1) is 8.92. The van der Waals surface area contributed by atoms with E-state index in [1.54, 1.807) is 12.1 Å². The van der Waals surface area contributed by atoms with Crippen LogP contribution in [-0.4, -0.2) is 8.42 Å². The van der Waals surface area contributed by atoms with E-state index in [0.717, 1.165) is 14.9 Å². The fraction of sp³-hybridized carbons (Fsp3) is 0.167. The van der Waals surface area contributed by atoms with E-state index in [1.807, 2.05) is 25.1 Å². The van der Waals surface area contributed by atoms with E-state index in [0.29, 0.717) is 15.2 Å². The molecular weight excluding hydrogens is 414 g/mol. The Kier molecular flexibility index (Phi) is 4.70. The van der Waals surface area contributed by atoms with Crippen molar-refractivity contribution in [3.05, 3.63) is 45.2 Å². The molecule has 3 nitrogen and oxygen atoms in total. The zero-order valence-corrected chi connectivity index (χ0v) is 14.8. The molecule has 0 bridgehead atoms. The minimum atomic E-state index is -3.52. The van der Waals surface area contributed by atoms with E-state index in [9.17, 15) is 8.42 Å². The molecule has 2 aromatic rings. The van der Waals surface area contributed by atoms with Crippen LogP contribution in [0.4, 0.5) is 5.69 Å². The minimum Gasteiger partial charge on any atom is -0.279 e. The summed E-state index contributed by atoms with van der Waals surface area (Å²) in [6.45, 7) is 1.87. The highest BCUT2D eigenvalue weighted by Gasteiger charge is 2.18. The summed E-state index contributed by atoms with van der Waals surface area (Å²) < 4.78 is 28.2. The molecule has 0 unspecified atom stereocenters. The molecule has 19 heavy (non-hydrogen) atoms. The first-order valence-corrected chi connectivity index (χ1v) is 9.57. The number of hydrogen-bond acceptors (Lipinski definition) is 3. The quantitative estimate of drug-likeness (QED) is 0.733. The normalized spacial score (nSPS) is 11.5. The van der Waals surface area contributed by atoms with Gasteiger partial charge in [-0.1, -0.05) is 28.1 Å². The molecule has 0 aliphatic heterocycles. The second-order valence-corrected chi connectivity index (χ2v) is 8.80. The second kappa shape index (κ2) is 5.95. The standard InChI is InChI=1S/C12H11Br2NO2S2/c1-8-5-11(18-12(8)14)19(16,17)15-10-4-2-3-9(6-10)7-13/h2-6,15H,7H2,1H3. The Morgan fingerprint density at radius 1 is 1.32 bits per heavy atom. The van der Waals surface area contributed by atoms with Gasteiger partial charge in [-0.15, -0.1) is 11.3 Å². The van der Waals surface area contributed by atoms with E-state index in [4.69, 9.17) is 0 Å². The van der Waals surface area contributed by atoms with Gasteiger partial charge in [0.05, 0.1) is 3.79 Å². The van der Waals surface area contributed by atoms with Gasteiger partial charge in [0.25, 0.3) is 10.0 Å². The summed E-state index contributed by atoms with van der Waals surface area (Å²) in [6.07, 6.45) is 0. The molecule has 0 aliphatic rings. The number of rotatable bonds is 4. The fourth-order valence-corrected chi connectivity index (χ4v) is 5.11. The van der Waals surface area contributed by atoms with Crippen molar-refractivity contribution in [1.29, 1.82) is 0 Å². The molecule has 0 saturated carbocycles. The van der Waals surface area contributed by atoms with Crippen molar-refractivity contribution in [1.82, 2.24) is 0 Å². The summed E-state index contributed by atoms with van der Waals surface area (Å²) in [4.78, 5) is 0. The molecule has 0 atom stereocenters. The van der Waals surface area contributed by atoms with E-state index in [1.165, 1.54) is 11.3 Å². The van der Waals surface area contributed by atoms with E-state index >= 15 is 0 Å². The van der Waals surface area contributed by atoms with E-state index in [-0.39, 0.29) is 0 Å². The number of nitrogens with one attached hydrogen (secondary N) is 1. The van der Waals surface area contributed by atoms with Gasteiger partial charge in [0, 0.05) is 11.0 Å². The van der Waals surface area contributed by atoms with Crippen molar-refractivity contribution in [2.24, 2.45) is 0 Å². The average Bonchev–Trinajstić information content (AvgIpc) is 2.70. The molecule has 1 aromatic heterocycles. The molecule has 0 radical (unpaired) electrons. The number of anilines is 1. The van der Waals surface area contributed by atoms with Gasteiger partial charge in [0.1, 0.15) is 4.21 Å². The Morgan fingerprint density at radius 2 is 2.05 bits per heavy atom. The van der Waals surface area contributed by atoms with Crippen molar-refractivity contribution < 1.29 is 8.42 Å². The smallest absolute Gasteiger partial charge is 0.271 e. The number of thiophene rings is 1. The lowest BCUT2D eigenvalue weighted by Gasteiger charge is -2.07. The zero-order chi connectivity index (χ0) is 14.0. The molecule has 0 aliphatic carbocycles. The molecule has 0 saturated heterocycles. The van der Waals surface area contributed by atoms with Crippen LogP contribution in [0, 0.1) is 6.92 Å². The highest BCUT2D eigenvalue weighted by Crippen LogP contribution is 2.31. The average molecular weight is 425 g/mol. The highest BCUT2D eigenvalue weighted by atomic mass is 79.9. The van der Waals surface area contributed by atoms with E-state index in [2.05, 4.69) is 36.6 Å². The first kappa shape index (κ1) is 15.0. The summed E-state index contributed by atoms with van der Waals surface area (Å²) in [5.41, 5.74) is 2.50. The molecule has 0 spiro atoms. The molecule has 1 heterocycles. The largest absolute Gasteiger partial charge is 0.279 e. The fourth-order valence-electron chi connectivity index (χ4n) is 1.49. The summed E-state index contributed by atoms with van der Waals surface area (Å²) in [5.74, 6) is 0. The van der Waals surface area contributed by atoms with Gasteiger partial charge in [-0.25, -0.2) is 8.42 Å². The number of halogens is 2. The van der Waals surface area contributed by atoms with Gasteiger partial charge in [0.15, 0.2) is 0 Å². The van der Waals surface area contributed by atoms with Crippen LogP contribution in [0.15, 0.2) is 38.3 Å². The second-order valence-electron chi connectivity index (χ2n) is 3.96.